The van der Waals surface area contributed by atoms with Crippen LogP contribution in [0.15, 0.2) is 47.4 Å². The number of carbonyl (C=O) groups excluding carboxylic acids is 1. The van der Waals surface area contributed by atoms with Crippen LogP contribution in [0.1, 0.15) is 48.0 Å². The van der Waals surface area contributed by atoms with Gasteiger partial charge in [0, 0.05) is 13.1 Å². The first-order valence-electron chi connectivity index (χ1n) is 9.45. The summed E-state index contributed by atoms with van der Waals surface area (Å²) in [6.45, 7) is 1.90. The molecule has 28 heavy (non-hydrogen) atoms. The zero-order valence-corrected chi connectivity index (χ0v) is 17.7. The number of hydrogen-bond acceptors (Lipinski definition) is 3. The number of nitrogens with zero attached hydrogens (tertiary/aromatic N) is 1. The number of rotatable bonds is 5. The zero-order valence-electron chi connectivity index (χ0n) is 16.1. The van der Waals surface area contributed by atoms with E-state index in [0.717, 1.165) is 31.2 Å². The second-order valence-corrected chi connectivity index (χ2v) is 9.63. The maximum absolute atomic E-state index is 12.8. The monoisotopic (exact) mass is 420 g/mol. The number of amides is 1. The van der Waals surface area contributed by atoms with Gasteiger partial charge in [0.2, 0.25) is 0 Å². The van der Waals surface area contributed by atoms with E-state index in [1.54, 1.807) is 36.4 Å². The lowest BCUT2D eigenvalue weighted by Gasteiger charge is -2.23. The van der Waals surface area contributed by atoms with Crippen LogP contribution in [0, 0.1) is 6.92 Å². The maximum atomic E-state index is 12.8. The van der Waals surface area contributed by atoms with Crippen molar-refractivity contribution in [2.75, 3.05) is 11.4 Å². The van der Waals surface area contributed by atoms with Crippen LogP contribution in [0.5, 0.6) is 0 Å². The largest absolute Gasteiger partial charge is 0.349 e. The van der Waals surface area contributed by atoms with Crippen molar-refractivity contribution < 1.29 is 13.2 Å². The van der Waals surface area contributed by atoms with Crippen molar-refractivity contribution in [1.82, 2.24) is 5.32 Å². The van der Waals surface area contributed by atoms with Crippen LogP contribution in [0.2, 0.25) is 5.02 Å². The van der Waals surface area contributed by atoms with Crippen molar-refractivity contribution in [3.8, 4) is 0 Å². The molecule has 0 saturated heterocycles. The van der Waals surface area contributed by atoms with E-state index in [4.69, 9.17) is 11.6 Å². The van der Waals surface area contributed by atoms with E-state index in [1.165, 1.54) is 23.8 Å². The highest BCUT2D eigenvalue weighted by Gasteiger charge is 2.23. The van der Waals surface area contributed by atoms with E-state index < -0.39 is 10.0 Å². The molecule has 1 saturated carbocycles. The van der Waals surface area contributed by atoms with Gasteiger partial charge in [-0.2, -0.15) is 0 Å². The molecule has 1 fully saturated rings. The molecule has 1 aliphatic rings. The highest BCUT2D eigenvalue weighted by Crippen LogP contribution is 2.28. The van der Waals surface area contributed by atoms with E-state index in [0.29, 0.717) is 11.3 Å². The van der Waals surface area contributed by atoms with Gasteiger partial charge in [-0.05, 0) is 50.1 Å². The first kappa shape index (κ1) is 20.7. The molecular formula is C21H25ClN2O3S. The minimum atomic E-state index is -3.71. The third-order valence-corrected chi connectivity index (χ3v) is 7.29. The van der Waals surface area contributed by atoms with Gasteiger partial charge in [0.1, 0.15) is 0 Å². The lowest BCUT2D eigenvalue weighted by Crippen LogP contribution is -2.36. The van der Waals surface area contributed by atoms with E-state index in [9.17, 15) is 13.2 Å². The smallest absolute Gasteiger partial charge is 0.264 e. The van der Waals surface area contributed by atoms with E-state index >= 15 is 0 Å². The van der Waals surface area contributed by atoms with E-state index in [2.05, 4.69) is 5.32 Å². The number of benzene rings is 2. The average Bonchev–Trinajstić information content (AvgIpc) is 2.68. The molecule has 2 aromatic rings. The summed E-state index contributed by atoms with van der Waals surface area (Å²) in [4.78, 5) is 12.7. The van der Waals surface area contributed by atoms with Gasteiger partial charge in [0.25, 0.3) is 15.9 Å². The number of sulfonamides is 1. The summed E-state index contributed by atoms with van der Waals surface area (Å²) in [7, 11) is -2.23. The van der Waals surface area contributed by atoms with Crippen molar-refractivity contribution in [3.05, 3.63) is 58.6 Å². The predicted octanol–water partition coefficient (Wildman–Crippen LogP) is 4.54. The Morgan fingerprint density at radius 1 is 1.07 bits per heavy atom. The molecule has 0 spiro atoms. The van der Waals surface area contributed by atoms with Crippen molar-refractivity contribution in [2.45, 2.75) is 50.0 Å². The molecule has 5 nitrogen and oxygen atoms in total. The minimum Gasteiger partial charge on any atom is -0.349 e. The molecule has 150 valence electrons. The molecule has 3 rings (SSSR count). The topological polar surface area (TPSA) is 66.5 Å². The molecule has 0 heterocycles. The zero-order chi connectivity index (χ0) is 20.3. The summed E-state index contributed by atoms with van der Waals surface area (Å²) in [5.74, 6) is -0.215. The molecule has 1 amide bonds. The van der Waals surface area contributed by atoms with Gasteiger partial charge in [-0.3, -0.25) is 9.10 Å². The fraction of sp³-hybridized carbons (Fsp3) is 0.381. The predicted molar refractivity (Wildman–Crippen MR) is 113 cm³/mol. The fourth-order valence-corrected chi connectivity index (χ4v) is 4.85. The Hall–Kier alpha value is -2.05. The highest BCUT2D eigenvalue weighted by atomic mass is 35.5. The van der Waals surface area contributed by atoms with Crippen molar-refractivity contribution in [1.29, 1.82) is 0 Å². The Morgan fingerprint density at radius 2 is 1.71 bits per heavy atom. The second-order valence-electron chi connectivity index (χ2n) is 7.26. The fourth-order valence-electron chi connectivity index (χ4n) is 3.40. The first-order chi connectivity index (χ1) is 13.3. The third-order valence-electron chi connectivity index (χ3n) is 5.18. The Kier molecular flexibility index (Phi) is 6.30. The van der Waals surface area contributed by atoms with Crippen LogP contribution < -0.4 is 9.62 Å². The van der Waals surface area contributed by atoms with Gasteiger partial charge in [-0.15, -0.1) is 0 Å². The maximum Gasteiger partial charge on any atom is 0.264 e. The highest BCUT2D eigenvalue weighted by molar-refractivity contribution is 7.92. The SMILES string of the molecule is Cc1ccc(S(=O)(=O)N(C)c2ccc(C(=O)NC3CCCCC3)c(Cl)c2)cc1. The standard InChI is InChI=1S/C21H25ClN2O3S/c1-15-8-11-18(12-9-15)28(26,27)24(2)17-10-13-19(20(22)14-17)21(25)23-16-6-4-3-5-7-16/h8-14,16H,3-7H2,1-2H3,(H,23,25). The lowest BCUT2D eigenvalue weighted by atomic mass is 9.95. The number of anilines is 1. The third kappa shape index (κ3) is 4.50. The van der Waals surface area contributed by atoms with Gasteiger partial charge in [-0.1, -0.05) is 48.6 Å². The molecule has 0 radical (unpaired) electrons. The van der Waals surface area contributed by atoms with Gasteiger partial charge < -0.3 is 5.32 Å². The summed E-state index contributed by atoms with van der Waals surface area (Å²) in [6, 6.07) is 11.6. The molecule has 1 N–H and O–H groups in total. The number of aryl methyl sites for hydroxylation is 1. The van der Waals surface area contributed by atoms with Crippen LogP contribution in [-0.4, -0.2) is 27.4 Å². The number of carbonyl (C=O) groups is 1. The molecule has 0 unspecified atom stereocenters. The molecule has 2 aromatic carbocycles. The van der Waals surface area contributed by atoms with Crippen LogP contribution in [0.4, 0.5) is 5.69 Å². The molecule has 0 bridgehead atoms. The average molecular weight is 421 g/mol. The van der Waals surface area contributed by atoms with Crippen molar-refractivity contribution in [2.24, 2.45) is 0 Å². The first-order valence-corrected chi connectivity index (χ1v) is 11.3. The summed E-state index contributed by atoms with van der Waals surface area (Å²) in [5, 5.41) is 3.26. The summed E-state index contributed by atoms with van der Waals surface area (Å²) in [5.41, 5.74) is 1.75. The molecule has 0 aromatic heterocycles. The Morgan fingerprint density at radius 3 is 2.32 bits per heavy atom. The Labute approximate surface area is 171 Å². The summed E-state index contributed by atoms with van der Waals surface area (Å²) >= 11 is 6.32. The quantitative estimate of drug-likeness (QED) is 0.772. The molecule has 1 aliphatic carbocycles. The lowest BCUT2D eigenvalue weighted by molar-refractivity contribution is 0.0928. The molecule has 0 atom stereocenters. The van der Waals surface area contributed by atoms with Crippen LogP contribution in [-0.2, 0) is 10.0 Å². The van der Waals surface area contributed by atoms with Crippen LogP contribution in [0.3, 0.4) is 0 Å². The Bertz CT molecular complexity index is 952. The summed E-state index contributed by atoms with van der Waals surface area (Å²) < 4.78 is 26.9. The van der Waals surface area contributed by atoms with Crippen LogP contribution in [0.25, 0.3) is 0 Å². The molecule has 0 aliphatic heterocycles. The van der Waals surface area contributed by atoms with Gasteiger partial charge >= 0.3 is 0 Å². The second kappa shape index (κ2) is 8.53. The van der Waals surface area contributed by atoms with Gasteiger partial charge in [-0.25, -0.2) is 8.42 Å². The number of nitrogens with one attached hydrogen (secondary N) is 1. The van der Waals surface area contributed by atoms with Gasteiger partial charge in [0.15, 0.2) is 0 Å². The molecule has 7 heteroatoms. The normalized spacial score (nSPS) is 15.2. The van der Waals surface area contributed by atoms with Crippen LogP contribution >= 0.6 is 11.6 Å². The number of halogens is 1. The number of hydrogen-bond donors (Lipinski definition) is 1. The summed E-state index contributed by atoms with van der Waals surface area (Å²) in [6.07, 6.45) is 5.43. The molecular weight excluding hydrogens is 396 g/mol. The van der Waals surface area contributed by atoms with E-state index in [-0.39, 0.29) is 21.9 Å². The van der Waals surface area contributed by atoms with E-state index in [1.807, 2.05) is 6.92 Å². The Balaban J connectivity index is 1.79. The van der Waals surface area contributed by atoms with Crippen molar-refractivity contribution in [3.63, 3.8) is 0 Å². The van der Waals surface area contributed by atoms with Gasteiger partial charge in [0.05, 0.1) is 21.2 Å². The minimum absolute atomic E-state index is 0.182. The van der Waals surface area contributed by atoms with Crippen molar-refractivity contribution >= 4 is 33.2 Å².